The molecule has 0 radical (unpaired) electrons. The molecule has 0 saturated carbocycles. The number of hydrogen-bond acceptors (Lipinski definition) is 2. The van der Waals surface area contributed by atoms with Crippen molar-refractivity contribution in [1.29, 1.82) is 0 Å². The molecule has 1 aromatic heterocycles. The molecule has 0 aromatic carbocycles. The largest absolute Gasteiger partial charge is 0.348 e. The van der Waals surface area contributed by atoms with E-state index in [4.69, 9.17) is 6.42 Å². The summed E-state index contributed by atoms with van der Waals surface area (Å²) in [7, 11) is 0. The van der Waals surface area contributed by atoms with Gasteiger partial charge < -0.3 is 5.32 Å². The highest BCUT2D eigenvalue weighted by Gasteiger charge is 2.18. The molecule has 0 aliphatic heterocycles. The molecule has 102 valence electrons. The third-order valence-corrected chi connectivity index (χ3v) is 4.90. The Morgan fingerprint density at radius 2 is 2.26 bits per heavy atom. The molecule has 0 bridgehead atoms. The number of carbonyl (C=O) groups is 1. The van der Waals surface area contributed by atoms with Gasteiger partial charge >= 0.3 is 0 Å². The second-order valence-electron chi connectivity index (χ2n) is 5.11. The van der Waals surface area contributed by atoms with Crippen molar-refractivity contribution in [3.63, 3.8) is 0 Å². The lowest BCUT2D eigenvalue weighted by atomic mass is 10.1. The molecule has 1 unspecified atom stereocenters. The fourth-order valence-corrected chi connectivity index (χ4v) is 3.63. The lowest BCUT2D eigenvalue weighted by Gasteiger charge is -2.13. The first-order valence-corrected chi connectivity index (χ1v) is 7.92. The van der Waals surface area contributed by atoms with Gasteiger partial charge in [0.2, 0.25) is 0 Å². The number of rotatable bonds is 4. The number of terminal acetylenes is 1. The summed E-state index contributed by atoms with van der Waals surface area (Å²) in [6.07, 6.45) is 12.9. The maximum absolute atomic E-state index is 12.2. The van der Waals surface area contributed by atoms with Crippen LogP contribution in [-0.4, -0.2) is 11.9 Å². The van der Waals surface area contributed by atoms with Crippen LogP contribution in [0.3, 0.4) is 0 Å². The maximum Gasteiger partial charge on any atom is 0.261 e. The van der Waals surface area contributed by atoms with Crippen molar-refractivity contribution in [3.05, 3.63) is 21.4 Å². The lowest BCUT2D eigenvalue weighted by Crippen LogP contribution is -2.33. The summed E-state index contributed by atoms with van der Waals surface area (Å²) < 4.78 is 0. The van der Waals surface area contributed by atoms with Crippen LogP contribution in [0.1, 0.15) is 59.1 Å². The molecule has 0 spiro atoms. The summed E-state index contributed by atoms with van der Waals surface area (Å²) in [6.45, 7) is 2.05. The van der Waals surface area contributed by atoms with E-state index < -0.39 is 0 Å². The smallest absolute Gasteiger partial charge is 0.261 e. The highest BCUT2D eigenvalue weighted by Crippen LogP contribution is 2.29. The summed E-state index contributed by atoms with van der Waals surface area (Å²) in [6, 6.07) is 2.18. The molecule has 19 heavy (non-hydrogen) atoms. The van der Waals surface area contributed by atoms with E-state index in [2.05, 4.69) is 17.3 Å². The molecular weight excluding hydrogens is 254 g/mol. The topological polar surface area (TPSA) is 29.1 Å². The van der Waals surface area contributed by atoms with Crippen LogP contribution >= 0.6 is 11.3 Å². The van der Waals surface area contributed by atoms with E-state index in [-0.39, 0.29) is 11.9 Å². The third-order valence-electron chi connectivity index (χ3n) is 3.66. The van der Waals surface area contributed by atoms with E-state index in [1.54, 1.807) is 11.3 Å². The molecule has 3 heteroatoms. The van der Waals surface area contributed by atoms with Crippen molar-refractivity contribution in [2.24, 2.45) is 0 Å². The molecule has 0 fully saturated rings. The Labute approximate surface area is 119 Å². The Bertz CT molecular complexity index is 460. The summed E-state index contributed by atoms with van der Waals surface area (Å²) in [5, 5.41) is 3.04. The predicted molar refractivity (Wildman–Crippen MR) is 80.6 cm³/mol. The van der Waals surface area contributed by atoms with Gasteiger partial charge in [0.1, 0.15) is 0 Å². The van der Waals surface area contributed by atoms with Crippen molar-refractivity contribution >= 4 is 17.2 Å². The fourth-order valence-electron chi connectivity index (χ4n) is 2.48. The van der Waals surface area contributed by atoms with Gasteiger partial charge in [-0.1, -0.05) is 13.3 Å². The number of amides is 1. The maximum atomic E-state index is 12.2. The van der Waals surface area contributed by atoms with Crippen LogP contribution in [0, 0.1) is 12.3 Å². The van der Waals surface area contributed by atoms with Crippen LogP contribution in [0.25, 0.3) is 0 Å². The molecule has 1 amide bonds. The van der Waals surface area contributed by atoms with Crippen LogP contribution in [0.5, 0.6) is 0 Å². The first-order chi connectivity index (χ1) is 9.24. The fraction of sp³-hybridized carbons (Fsp3) is 0.562. The molecule has 2 rings (SSSR count). The Morgan fingerprint density at radius 1 is 1.47 bits per heavy atom. The highest BCUT2D eigenvalue weighted by atomic mass is 32.1. The molecule has 1 aromatic rings. The number of aryl methyl sites for hydroxylation is 2. The molecule has 2 nitrogen and oxygen atoms in total. The van der Waals surface area contributed by atoms with Gasteiger partial charge in [-0.25, -0.2) is 0 Å². The second-order valence-corrected chi connectivity index (χ2v) is 6.24. The minimum atomic E-state index is 0.0418. The zero-order valence-electron chi connectivity index (χ0n) is 11.5. The molecule has 1 N–H and O–H groups in total. The zero-order chi connectivity index (χ0) is 13.7. The Morgan fingerprint density at radius 3 is 3.00 bits per heavy atom. The van der Waals surface area contributed by atoms with Crippen molar-refractivity contribution < 1.29 is 4.79 Å². The van der Waals surface area contributed by atoms with Crippen LogP contribution in [0.2, 0.25) is 0 Å². The summed E-state index contributed by atoms with van der Waals surface area (Å²) >= 11 is 1.66. The van der Waals surface area contributed by atoms with E-state index in [0.717, 1.165) is 24.1 Å². The number of nitrogens with one attached hydrogen (secondary N) is 1. The van der Waals surface area contributed by atoms with Gasteiger partial charge in [-0.3, -0.25) is 4.79 Å². The highest BCUT2D eigenvalue weighted by molar-refractivity contribution is 7.14. The van der Waals surface area contributed by atoms with Crippen molar-refractivity contribution in [2.75, 3.05) is 0 Å². The van der Waals surface area contributed by atoms with Crippen molar-refractivity contribution in [2.45, 2.75) is 57.9 Å². The zero-order valence-corrected chi connectivity index (χ0v) is 12.3. The first kappa shape index (κ1) is 14.1. The average molecular weight is 275 g/mol. The SMILES string of the molecule is C#CCC(CC)NC(=O)c1cc2c(s1)CCCCC2. The molecule has 1 aliphatic carbocycles. The molecule has 1 heterocycles. The molecule has 1 aliphatic rings. The van der Waals surface area contributed by atoms with Crippen LogP contribution in [0.4, 0.5) is 0 Å². The van der Waals surface area contributed by atoms with Crippen LogP contribution in [0.15, 0.2) is 6.07 Å². The number of carbonyl (C=O) groups excluding carboxylic acids is 1. The van der Waals surface area contributed by atoms with E-state index in [1.165, 1.54) is 29.7 Å². The molecular formula is C16H21NOS. The molecule has 0 saturated heterocycles. The van der Waals surface area contributed by atoms with E-state index >= 15 is 0 Å². The minimum absolute atomic E-state index is 0.0418. The second kappa shape index (κ2) is 6.77. The Hall–Kier alpha value is -1.27. The van der Waals surface area contributed by atoms with Crippen molar-refractivity contribution in [1.82, 2.24) is 5.32 Å². The third kappa shape index (κ3) is 3.61. The number of fused-ring (bicyclic) bond motifs is 1. The van der Waals surface area contributed by atoms with Gasteiger partial charge in [0.05, 0.1) is 4.88 Å². The number of hydrogen-bond donors (Lipinski definition) is 1. The van der Waals surface area contributed by atoms with Gasteiger partial charge in [0, 0.05) is 17.3 Å². The Balaban J connectivity index is 2.05. The molecule has 1 atom stereocenters. The standard InChI is InChI=1S/C16H21NOS/c1-3-8-13(4-2)17-16(18)15-11-12-9-6-5-7-10-14(12)19-15/h1,11,13H,4-10H2,2H3,(H,17,18). The van der Waals surface area contributed by atoms with Crippen LogP contribution < -0.4 is 5.32 Å². The van der Waals surface area contributed by atoms with Crippen LogP contribution in [-0.2, 0) is 12.8 Å². The first-order valence-electron chi connectivity index (χ1n) is 7.10. The van der Waals surface area contributed by atoms with Gasteiger partial charge in [-0.05, 0) is 43.7 Å². The van der Waals surface area contributed by atoms with Gasteiger partial charge in [-0.2, -0.15) is 0 Å². The normalized spacial score (nSPS) is 16.0. The monoisotopic (exact) mass is 275 g/mol. The Kier molecular flexibility index (Phi) is 5.04. The van der Waals surface area contributed by atoms with Gasteiger partial charge in [0.15, 0.2) is 0 Å². The van der Waals surface area contributed by atoms with Gasteiger partial charge in [0.25, 0.3) is 5.91 Å². The lowest BCUT2D eigenvalue weighted by molar-refractivity contribution is 0.0941. The number of thiophene rings is 1. The predicted octanol–water partition coefficient (Wildman–Crippen LogP) is 3.55. The van der Waals surface area contributed by atoms with Gasteiger partial charge in [-0.15, -0.1) is 23.7 Å². The summed E-state index contributed by atoms with van der Waals surface area (Å²) in [5.41, 5.74) is 1.39. The van der Waals surface area contributed by atoms with E-state index in [9.17, 15) is 4.79 Å². The van der Waals surface area contributed by atoms with E-state index in [0.29, 0.717) is 6.42 Å². The average Bonchev–Trinajstić information content (AvgIpc) is 2.69. The quantitative estimate of drug-likeness (QED) is 0.661. The summed E-state index contributed by atoms with van der Waals surface area (Å²) in [5.74, 6) is 2.66. The summed E-state index contributed by atoms with van der Waals surface area (Å²) in [4.78, 5) is 14.5. The minimum Gasteiger partial charge on any atom is -0.348 e. The van der Waals surface area contributed by atoms with Crippen molar-refractivity contribution in [3.8, 4) is 12.3 Å². The van der Waals surface area contributed by atoms with E-state index in [1.807, 2.05) is 6.92 Å².